The van der Waals surface area contributed by atoms with Gasteiger partial charge in [-0.3, -0.25) is 4.79 Å². The summed E-state index contributed by atoms with van der Waals surface area (Å²) in [6.07, 6.45) is 2.65. The molecule has 1 heterocycles. The van der Waals surface area contributed by atoms with Gasteiger partial charge < -0.3 is 15.8 Å². The van der Waals surface area contributed by atoms with E-state index in [1.54, 1.807) is 11.8 Å². The van der Waals surface area contributed by atoms with Crippen LogP contribution in [-0.2, 0) is 4.79 Å². The Labute approximate surface area is 156 Å². The highest BCUT2D eigenvalue weighted by Crippen LogP contribution is 2.26. The third kappa shape index (κ3) is 5.98. The first-order valence-electron chi connectivity index (χ1n) is 7.38. The minimum absolute atomic E-state index is 0. The topological polar surface area (TPSA) is 77.2 Å². The van der Waals surface area contributed by atoms with Crippen LogP contribution in [0.5, 0.6) is 5.75 Å². The number of thioether (sulfide) groups is 1. The molecular weight excluding hydrogens is 366 g/mol. The van der Waals surface area contributed by atoms with E-state index in [0.29, 0.717) is 18.2 Å². The average molecular weight is 388 g/mol. The highest BCUT2D eigenvalue weighted by Gasteiger charge is 2.15. The lowest BCUT2D eigenvalue weighted by molar-refractivity contribution is -0.117. The maximum absolute atomic E-state index is 12.0. The second kappa shape index (κ2) is 10.6. The SMILES string of the molecule is CCOc1ccc(-c2csc(NC(=O)[C@@H](N)CCSC)n2)cc1.Cl. The summed E-state index contributed by atoms with van der Waals surface area (Å²) in [4.78, 5) is 16.4. The van der Waals surface area contributed by atoms with Gasteiger partial charge in [0.25, 0.3) is 0 Å². The smallest absolute Gasteiger partial charge is 0.243 e. The van der Waals surface area contributed by atoms with Crippen LogP contribution >= 0.6 is 35.5 Å². The Kier molecular flexibility index (Phi) is 9.13. The molecule has 1 aromatic heterocycles. The van der Waals surface area contributed by atoms with E-state index in [4.69, 9.17) is 10.5 Å². The minimum Gasteiger partial charge on any atom is -0.494 e. The van der Waals surface area contributed by atoms with Crippen LogP contribution in [0, 0.1) is 0 Å². The van der Waals surface area contributed by atoms with Gasteiger partial charge in [0.05, 0.1) is 18.3 Å². The van der Waals surface area contributed by atoms with Gasteiger partial charge in [-0.2, -0.15) is 11.8 Å². The monoisotopic (exact) mass is 387 g/mol. The summed E-state index contributed by atoms with van der Waals surface area (Å²) in [6, 6.07) is 7.23. The first-order valence-corrected chi connectivity index (χ1v) is 9.65. The summed E-state index contributed by atoms with van der Waals surface area (Å²) in [5.74, 6) is 1.51. The third-order valence-electron chi connectivity index (χ3n) is 3.17. The number of anilines is 1. The maximum Gasteiger partial charge on any atom is 0.243 e. The number of rotatable bonds is 8. The van der Waals surface area contributed by atoms with Crippen molar-refractivity contribution in [1.29, 1.82) is 0 Å². The molecule has 0 saturated carbocycles. The first kappa shape index (κ1) is 20.8. The zero-order chi connectivity index (χ0) is 16.7. The van der Waals surface area contributed by atoms with Crippen molar-refractivity contribution in [2.75, 3.05) is 23.9 Å². The first-order chi connectivity index (χ1) is 11.1. The summed E-state index contributed by atoms with van der Waals surface area (Å²) in [5.41, 5.74) is 7.66. The van der Waals surface area contributed by atoms with Crippen molar-refractivity contribution in [3.8, 4) is 17.0 Å². The number of nitrogens with one attached hydrogen (secondary N) is 1. The predicted molar refractivity (Wildman–Crippen MR) is 106 cm³/mol. The molecule has 5 nitrogen and oxygen atoms in total. The number of thiazole rings is 1. The van der Waals surface area contributed by atoms with Gasteiger partial charge in [0.1, 0.15) is 5.75 Å². The van der Waals surface area contributed by atoms with Crippen molar-refractivity contribution in [3.05, 3.63) is 29.6 Å². The molecule has 3 N–H and O–H groups in total. The highest BCUT2D eigenvalue weighted by molar-refractivity contribution is 7.98. The molecule has 0 aliphatic carbocycles. The van der Waals surface area contributed by atoms with E-state index >= 15 is 0 Å². The van der Waals surface area contributed by atoms with Crippen molar-refractivity contribution in [2.24, 2.45) is 5.73 Å². The molecule has 0 saturated heterocycles. The van der Waals surface area contributed by atoms with Crippen molar-refractivity contribution in [1.82, 2.24) is 4.98 Å². The predicted octanol–water partition coefficient (Wildman–Crippen LogP) is 3.65. The third-order valence-corrected chi connectivity index (χ3v) is 4.57. The van der Waals surface area contributed by atoms with Gasteiger partial charge >= 0.3 is 0 Å². The fourth-order valence-corrected chi connectivity index (χ4v) is 3.14. The Bertz CT molecular complexity index is 635. The zero-order valence-electron chi connectivity index (χ0n) is 13.7. The number of benzene rings is 1. The standard InChI is InChI=1S/C16H21N3O2S2.ClH/c1-3-21-12-6-4-11(5-7-12)14-10-23-16(18-14)19-15(20)13(17)8-9-22-2;/h4-7,10,13H,3,8-9,17H2,1-2H3,(H,18,19,20);1H/t13-;/m0./s1. The summed E-state index contributed by atoms with van der Waals surface area (Å²) < 4.78 is 5.42. The number of ether oxygens (including phenoxy) is 1. The zero-order valence-corrected chi connectivity index (χ0v) is 16.1. The van der Waals surface area contributed by atoms with Crippen LogP contribution in [0.25, 0.3) is 11.3 Å². The molecule has 1 amide bonds. The molecule has 0 bridgehead atoms. The van der Waals surface area contributed by atoms with E-state index in [1.165, 1.54) is 11.3 Å². The number of halogens is 1. The number of aromatic nitrogens is 1. The molecule has 0 aliphatic heterocycles. The fourth-order valence-electron chi connectivity index (χ4n) is 1.93. The summed E-state index contributed by atoms with van der Waals surface area (Å²) in [7, 11) is 0. The Morgan fingerprint density at radius 1 is 1.42 bits per heavy atom. The lowest BCUT2D eigenvalue weighted by Crippen LogP contribution is -2.36. The van der Waals surface area contributed by atoms with Crippen LogP contribution in [-0.4, -0.2) is 35.5 Å². The van der Waals surface area contributed by atoms with Gasteiger partial charge in [-0.1, -0.05) is 0 Å². The Hall–Kier alpha value is -1.28. The van der Waals surface area contributed by atoms with Crippen LogP contribution in [0.3, 0.4) is 0 Å². The highest BCUT2D eigenvalue weighted by atomic mass is 35.5. The van der Waals surface area contributed by atoms with Gasteiger partial charge in [0, 0.05) is 10.9 Å². The minimum atomic E-state index is -0.500. The van der Waals surface area contributed by atoms with E-state index in [9.17, 15) is 4.79 Å². The lowest BCUT2D eigenvalue weighted by Gasteiger charge is -2.09. The van der Waals surface area contributed by atoms with Gasteiger partial charge in [-0.25, -0.2) is 4.98 Å². The number of hydrogen-bond acceptors (Lipinski definition) is 6. The molecule has 1 aromatic carbocycles. The van der Waals surface area contributed by atoms with Gasteiger partial charge in [-0.15, -0.1) is 23.7 Å². The van der Waals surface area contributed by atoms with E-state index in [2.05, 4.69) is 10.3 Å². The molecule has 0 radical (unpaired) electrons. The van der Waals surface area contributed by atoms with E-state index < -0.39 is 6.04 Å². The number of nitrogens with zero attached hydrogens (tertiary/aromatic N) is 1. The molecule has 2 aromatic rings. The molecule has 0 aliphatic rings. The number of carbonyl (C=O) groups excluding carboxylic acids is 1. The lowest BCUT2D eigenvalue weighted by atomic mass is 10.2. The quantitative estimate of drug-likeness (QED) is 0.722. The Balaban J connectivity index is 0.00000288. The molecule has 0 unspecified atom stereocenters. The molecule has 8 heteroatoms. The van der Waals surface area contributed by atoms with E-state index in [-0.39, 0.29) is 18.3 Å². The summed E-state index contributed by atoms with van der Waals surface area (Å²) in [6.45, 7) is 2.59. The maximum atomic E-state index is 12.0. The normalized spacial score (nSPS) is 11.5. The van der Waals surface area contributed by atoms with Crippen LogP contribution in [0.1, 0.15) is 13.3 Å². The van der Waals surface area contributed by atoms with Crippen LogP contribution in [0.2, 0.25) is 0 Å². The van der Waals surface area contributed by atoms with Gasteiger partial charge in [0.15, 0.2) is 5.13 Å². The number of carbonyl (C=O) groups is 1. The molecule has 24 heavy (non-hydrogen) atoms. The van der Waals surface area contributed by atoms with Crippen LogP contribution < -0.4 is 15.8 Å². The number of hydrogen-bond donors (Lipinski definition) is 2. The molecule has 1 atom stereocenters. The molecule has 132 valence electrons. The van der Waals surface area contributed by atoms with E-state index in [0.717, 1.165) is 22.8 Å². The molecule has 0 spiro atoms. The van der Waals surface area contributed by atoms with E-state index in [1.807, 2.05) is 42.8 Å². The Morgan fingerprint density at radius 3 is 2.75 bits per heavy atom. The Morgan fingerprint density at radius 2 is 2.12 bits per heavy atom. The van der Waals surface area contributed by atoms with Crippen molar-refractivity contribution in [3.63, 3.8) is 0 Å². The fraction of sp³-hybridized carbons (Fsp3) is 0.375. The van der Waals surface area contributed by atoms with Crippen molar-refractivity contribution >= 4 is 46.5 Å². The molecule has 2 rings (SSSR count). The average Bonchev–Trinajstić information content (AvgIpc) is 3.02. The van der Waals surface area contributed by atoms with Crippen LogP contribution in [0.15, 0.2) is 29.6 Å². The van der Waals surface area contributed by atoms with Crippen LogP contribution in [0.4, 0.5) is 5.13 Å². The second-order valence-corrected chi connectivity index (χ2v) is 6.72. The van der Waals surface area contributed by atoms with Crippen molar-refractivity contribution in [2.45, 2.75) is 19.4 Å². The summed E-state index contributed by atoms with van der Waals surface area (Å²) >= 11 is 3.07. The largest absolute Gasteiger partial charge is 0.494 e. The molecule has 0 fully saturated rings. The summed E-state index contributed by atoms with van der Waals surface area (Å²) in [5, 5.41) is 5.27. The van der Waals surface area contributed by atoms with Gasteiger partial charge in [-0.05, 0) is 49.6 Å². The van der Waals surface area contributed by atoms with Gasteiger partial charge in [0.2, 0.25) is 5.91 Å². The second-order valence-electron chi connectivity index (χ2n) is 4.87. The molecular formula is C16H22ClN3O2S2. The van der Waals surface area contributed by atoms with Crippen molar-refractivity contribution < 1.29 is 9.53 Å². The number of nitrogens with two attached hydrogens (primary N) is 1. The number of amides is 1.